The number of amides is 2. The van der Waals surface area contributed by atoms with Crippen LogP contribution < -0.4 is 10.6 Å². The van der Waals surface area contributed by atoms with E-state index >= 15 is 0 Å². The molecular formula is C19H21FN6O2. The maximum atomic E-state index is 13.3. The molecule has 0 aliphatic heterocycles. The van der Waals surface area contributed by atoms with Crippen molar-refractivity contribution in [1.82, 2.24) is 30.0 Å². The third kappa shape index (κ3) is 4.61. The van der Waals surface area contributed by atoms with Crippen LogP contribution in [0.25, 0.3) is 22.6 Å². The van der Waals surface area contributed by atoms with Crippen molar-refractivity contribution in [3.63, 3.8) is 0 Å². The largest absolute Gasteiger partial charge is 0.353 e. The fourth-order valence-corrected chi connectivity index (χ4v) is 2.71. The molecule has 8 nitrogen and oxygen atoms in total. The molecule has 3 aromatic rings. The molecule has 9 heteroatoms. The highest BCUT2D eigenvalue weighted by Crippen LogP contribution is 2.30. The van der Waals surface area contributed by atoms with Crippen molar-refractivity contribution >= 4 is 11.8 Å². The van der Waals surface area contributed by atoms with Gasteiger partial charge in [-0.1, -0.05) is 12.1 Å². The first-order chi connectivity index (χ1) is 13.4. The molecular weight excluding hydrogens is 363 g/mol. The molecule has 0 atom stereocenters. The lowest BCUT2D eigenvalue weighted by Gasteiger charge is -2.05. The zero-order valence-electron chi connectivity index (χ0n) is 15.6. The molecule has 2 heterocycles. The summed E-state index contributed by atoms with van der Waals surface area (Å²) < 4.78 is 16.9. The van der Waals surface area contributed by atoms with Crippen molar-refractivity contribution in [3.05, 3.63) is 48.7 Å². The van der Waals surface area contributed by atoms with Crippen molar-refractivity contribution in [2.45, 2.75) is 13.5 Å². The van der Waals surface area contributed by atoms with Gasteiger partial charge in [-0.3, -0.25) is 14.3 Å². The molecule has 0 spiro atoms. The van der Waals surface area contributed by atoms with E-state index < -0.39 is 0 Å². The van der Waals surface area contributed by atoms with Gasteiger partial charge >= 0.3 is 0 Å². The average Bonchev–Trinajstić information content (AvgIpc) is 3.26. The summed E-state index contributed by atoms with van der Waals surface area (Å²) in [6.45, 7) is 2.08. The SMILES string of the molecule is CC(=O)NCC(=O)NCCn1cc(-c2ccc(F)cc2)c(-c2nccn2C)n1. The number of aryl methyl sites for hydroxylation is 1. The van der Waals surface area contributed by atoms with Gasteiger partial charge in [0.05, 0.1) is 13.1 Å². The van der Waals surface area contributed by atoms with E-state index in [0.29, 0.717) is 24.6 Å². The first-order valence-electron chi connectivity index (χ1n) is 8.76. The molecule has 0 bridgehead atoms. The molecule has 28 heavy (non-hydrogen) atoms. The fraction of sp³-hybridized carbons (Fsp3) is 0.263. The van der Waals surface area contributed by atoms with Gasteiger partial charge in [0.25, 0.3) is 0 Å². The fourth-order valence-electron chi connectivity index (χ4n) is 2.71. The molecule has 2 N–H and O–H groups in total. The van der Waals surface area contributed by atoms with E-state index in [4.69, 9.17) is 0 Å². The lowest BCUT2D eigenvalue weighted by Crippen LogP contribution is -2.37. The summed E-state index contributed by atoms with van der Waals surface area (Å²) in [6.07, 6.45) is 5.35. The highest BCUT2D eigenvalue weighted by atomic mass is 19.1. The summed E-state index contributed by atoms with van der Waals surface area (Å²) in [7, 11) is 1.87. The van der Waals surface area contributed by atoms with Crippen LogP contribution in [0.2, 0.25) is 0 Å². The van der Waals surface area contributed by atoms with Crippen LogP contribution in [-0.2, 0) is 23.2 Å². The maximum absolute atomic E-state index is 13.3. The highest BCUT2D eigenvalue weighted by molar-refractivity contribution is 5.83. The van der Waals surface area contributed by atoms with Crippen LogP contribution in [0, 0.1) is 5.82 Å². The molecule has 146 valence electrons. The quantitative estimate of drug-likeness (QED) is 0.643. The molecule has 0 aliphatic rings. The van der Waals surface area contributed by atoms with Gasteiger partial charge in [-0.2, -0.15) is 5.10 Å². The summed E-state index contributed by atoms with van der Waals surface area (Å²) >= 11 is 0. The Balaban J connectivity index is 1.78. The Bertz CT molecular complexity index is 977. The standard InChI is InChI=1S/C19H21FN6O2/c1-13(27)23-11-17(28)21-8-10-26-12-16(14-3-5-15(20)6-4-14)18(24-26)19-22-7-9-25(19)2/h3-7,9,12H,8,10-11H2,1-2H3,(H,21,28)(H,23,27). The molecule has 0 saturated heterocycles. The van der Waals surface area contributed by atoms with Crippen molar-refractivity contribution in [2.75, 3.05) is 13.1 Å². The first-order valence-corrected chi connectivity index (χ1v) is 8.76. The Morgan fingerprint density at radius 2 is 1.93 bits per heavy atom. The van der Waals surface area contributed by atoms with E-state index in [1.807, 2.05) is 24.0 Å². The number of nitrogens with zero attached hydrogens (tertiary/aromatic N) is 4. The molecule has 0 fully saturated rings. The number of hydrogen-bond acceptors (Lipinski definition) is 4. The molecule has 3 rings (SSSR count). The summed E-state index contributed by atoms with van der Waals surface area (Å²) in [5.74, 6) is -0.152. The normalized spacial score (nSPS) is 10.7. The first kappa shape index (κ1) is 19.3. The van der Waals surface area contributed by atoms with Crippen LogP contribution in [0.3, 0.4) is 0 Å². The van der Waals surface area contributed by atoms with Crippen molar-refractivity contribution in [2.24, 2.45) is 7.05 Å². The smallest absolute Gasteiger partial charge is 0.239 e. The van der Waals surface area contributed by atoms with Gasteiger partial charge in [0.2, 0.25) is 11.8 Å². The number of nitrogens with one attached hydrogen (secondary N) is 2. The topological polar surface area (TPSA) is 93.8 Å². The number of benzene rings is 1. The van der Waals surface area contributed by atoms with Gasteiger partial charge < -0.3 is 15.2 Å². The van der Waals surface area contributed by atoms with Crippen LogP contribution in [0.4, 0.5) is 4.39 Å². The molecule has 1 aromatic carbocycles. The van der Waals surface area contributed by atoms with E-state index in [-0.39, 0.29) is 24.2 Å². The third-order valence-electron chi connectivity index (χ3n) is 4.11. The molecule has 0 saturated carbocycles. The molecule has 2 amide bonds. The predicted molar refractivity (Wildman–Crippen MR) is 102 cm³/mol. The van der Waals surface area contributed by atoms with E-state index in [0.717, 1.165) is 11.1 Å². The van der Waals surface area contributed by atoms with E-state index in [1.54, 1.807) is 23.0 Å². The maximum Gasteiger partial charge on any atom is 0.239 e. The van der Waals surface area contributed by atoms with E-state index in [1.165, 1.54) is 19.1 Å². The second-order valence-electron chi connectivity index (χ2n) is 6.28. The van der Waals surface area contributed by atoms with Crippen LogP contribution in [0.15, 0.2) is 42.9 Å². The van der Waals surface area contributed by atoms with E-state index in [9.17, 15) is 14.0 Å². The minimum atomic E-state index is -0.309. The molecule has 0 aliphatic carbocycles. The lowest BCUT2D eigenvalue weighted by molar-refractivity contribution is -0.125. The highest BCUT2D eigenvalue weighted by Gasteiger charge is 2.16. The molecule has 0 unspecified atom stereocenters. The minimum Gasteiger partial charge on any atom is -0.353 e. The van der Waals surface area contributed by atoms with Crippen LogP contribution in [-0.4, -0.2) is 44.2 Å². The Kier molecular flexibility index (Phi) is 5.83. The number of carbonyl (C=O) groups is 2. The average molecular weight is 384 g/mol. The van der Waals surface area contributed by atoms with Gasteiger partial charge in [-0.15, -0.1) is 0 Å². The minimum absolute atomic E-state index is 0.0617. The third-order valence-corrected chi connectivity index (χ3v) is 4.11. The summed E-state index contributed by atoms with van der Waals surface area (Å²) in [4.78, 5) is 26.9. The lowest BCUT2D eigenvalue weighted by atomic mass is 10.1. The van der Waals surface area contributed by atoms with E-state index in [2.05, 4.69) is 20.7 Å². The number of carbonyl (C=O) groups excluding carboxylic acids is 2. The number of aromatic nitrogens is 4. The van der Waals surface area contributed by atoms with Crippen molar-refractivity contribution in [1.29, 1.82) is 0 Å². The van der Waals surface area contributed by atoms with Gasteiger partial charge in [0, 0.05) is 44.7 Å². The van der Waals surface area contributed by atoms with Gasteiger partial charge in [-0.25, -0.2) is 9.37 Å². The second kappa shape index (κ2) is 8.47. The van der Waals surface area contributed by atoms with Crippen LogP contribution in [0.5, 0.6) is 0 Å². The Morgan fingerprint density at radius 1 is 1.18 bits per heavy atom. The zero-order chi connectivity index (χ0) is 20.1. The predicted octanol–water partition coefficient (Wildman–Crippen LogP) is 1.34. The zero-order valence-corrected chi connectivity index (χ0v) is 15.6. The number of hydrogen-bond donors (Lipinski definition) is 2. The second-order valence-corrected chi connectivity index (χ2v) is 6.28. The Hall–Kier alpha value is -3.49. The number of imidazole rings is 1. The van der Waals surface area contributed by atoms with Gasteiger partial charge in [0.15, 0.2) is 5.82 Å². The molecule has 2 aromatic heterocycles. The molecule has 0 radical (unpaired) electrons. The monoisotopic (exact) mass is 384 g/mol. The van der Waals surface area contributed by atoms with Gasteiger partial charge in [0.1, 0.15) is 11.5 Å². The summed E-state index contributed by atoms with van der Waals surface area (Å²) in [5, 5.41) is 9.77. The summed E-state index contributed by atoms with van der Waals surface area (Å²) in [5.41, 5.74) is 2.31. The number of halogens is 1. The van der Waals surface area contributed by atoms with Crippen LogP contribution in [0.1, 0.15) is 6.92 Å². The van der Waals surface area contributed by atoms with Crippen LogP contribution >= 0.6 is 0 Å². The van der Waals surface area contributed by atoms with Crippen molar-refractivity contribution < 1.29 is 14.0 Å². The Morgan fingerprint density at radius 3 is 2.57 bits per heavy atom. The Labute approximate surface area is 161 Å². The number of rotatable bonds is 7. The summed E-state index contributed by atoms with van der Waals surface area (Å²) in [6, 6.07) is 6.19. The van der Waals surface area contributed by atoms with Crippen molar-refractivity contribution in [3.8, 4) is 22.6 Å². The van der Waals surface area contributed by atoms with Gasteiger partial charge in [-0.05, 0) is 17.7 Å².